The molecule has 1 N–H and O–H groups in total. The number of hydrogen-bond acceptors (Lipinski definition) is 5. The van der Waals surface area contributed by atoms with Gasteiger partial charge in [0.05, 0.1) is 17.7 Å². The zero-order valence-electron chi connectivity index (χ0n) is 17.2. The lowest BCUT2D eigenvalue weighted by Gasteiger charge is -2.35. The van der Waals surface area contributed by atoms with Gasteiger partial charge in [0.1, 0.15) is 0 Å². The first-order valence-corrected chi connectivity index (χ1v) is 9.92. The number of piperazine rings is 1. The third-order valence-electron chi connectivity index (χ3n) is 5.03. The molecule has 0 unspecified atom stereocenters. The molecule has 0 spiro atoms. The van der Waals surface area contributed by atoms with E-state index in [2.05, 4.69) is 5.32 Å². The minimum Gasteiger partial charge on any atom is -0.350 e. The topological polar surface area (TPSA) is 90.0 Å². The third-order valence-corrected chi connectivity index (χ3v) is 5.03. The highest BCUT2D eigenvalue weighted by atomic mass is 16.2. The molecule has 0 aromatic heterocycles. The number of carbonyl (C=O) groups is 4. The van der Waals surface area contributed by atoms with Crippen LogP contribution < -0.4 is 5.32 Å². The van der Waals surface area contributed by atoms with E-state index in [4.69, 9.17) is 0 Å². The molecular formula is C21H28N4O4. The maximum absolute atomic E-state index is 12.5. The van der Waals surface area contributed by atoms with E-state index in [1.54, 1.807) is 29.2 Å². The normalized spacial score (nSPS) is 17.5. The highest BCUT2D eigenvalue weighted by Gasteiger charge is 2.35. The molecule has 0 atom stereocenters. The molecule has 0 aliphatic carbocycles. The van der Waals surface area contributed by atoms with E-state index in [1.165, 1.54) is 0 Å². The van der Waals surface area contributed by atoms with Gasteiger partial charge in [0.25, 0.3) is 11.8 Å². The van der Waals surface area contributed by atoms with Crippen molar-refractivity contribution in [2.45, 2.75) is 32.7 Å². The number of benzene rings is 1. The average Bonchev–Trinajstić information content (AvgIpc) is 2.90. The standard InChI is InChI=1S/C21H28N4O4/c1-21(2,3)22-17(26)14-23-10-12-24(13-11-23)18(27)8-9-25-19(28)15-6-4-5-7-16(15)20(25)29/h4-7H,8-14H2,1-3H3,(H,22,26). The van der Waals surface area contributed by atoms with Crippen LogP contribution in [0.5, 0.6) is 0 Å². The number of rotatable bonds is 5. The minimum absolute atomic E-state index is 0.0251. The lowest BCUT2D eigenvalue weighted by atomic mass is 10.1. The van der Waals surface area contributed by atoms with Crippen LogP contribution in [0.1, 0.15) is 47.9 Å². The number of imide groups is 1. The van der Waals surface area contributed by atoms with Crippen molar-refractivity contribution in [3.05, 3.63) is 35.4 Å². The van der Waals surface area contributed by atoms with Crippen molar-refractivity contribution in [1.29, 1.82) is 0 Å². The quantitative estimate of drug-likeness (QED) is 0.736. The van der Waals surface area contributed by atoms with Crippen molar-refractivity contribution in [3.8, 4) is 0 Å². The van der Waals surface area contributed by atoms with Gasteiger partial charge in [0.2, 0.25) is 11.8 Å². The molecule has 1 aromatic rings. The summed E-state index contributed by atoms with van der Waals surface area (Å²) in [6, 6.07) is 6.71. The molecule has 2 aliphatic heterocycles. The first-order valence-electron chi connectivity index (χ1n) is 9.92. The summed E-state index contributed by atoms with van der Waals surface area (Å²) in [7, 11) is 0. The Morgan fingerprint density at radius 2 is 1.52 bits per heavy atom. The molecular weight excluding hydrogens is 372 g/mol. The van der Waals surface area contributed by atoms with Crippen molar-refractivity contribution in [2.24, 2.45) is 0 Å². The second kappa shape index (κ2) is 8.32. The van der Waals surface area contributed by atoms with Gasteiger partial charge in [0.15, 0.2) is 0 Å². The van der Waals surface area contributed by atoms with Crippen LogP contribution in [0.2, 0.25) is 0 Å². The molecule has 156 valence electrons. The fraction of sp³-hybridized carbons (Fsp3) is 0.524. The van der Waals surface area contributed by atoms with Crippen molar-refractivity contribution in [2.75, 3.05) is 39.3 Å². The fourth-order valence-corrected chi connectivity index (χ4v) is 3.62. The number of hydrogen-bond donors (Lipinski definition) is 1. The molecule has 2 aliphatic rings. The van der Waals surface area contributed by atoms with Gasteiger partial charge >= 0.3 is 0 Å². The van der Waals surface area contributed by atoms with Crippen LogP contribution in [0.4, 0.5) is 0 Å². The van der Waals surface area contributed by atoms with E-state index >= 15 is 0 Å². The number of amides is 4. The Kier molecular flexibility index (Phi) is 6.02. The van der Waals surface area contributed by atoms with Crippen LogP contribution in [0.25, 0.3) is 0 Å². The van der Waals surface area contributed by atoms with E-state index in [0.717, 1.165) is 4.90 Å². The van der Waals surface area contributed by atoms with E-state index in [1.807, 2.05) is 25.7 Å². The molecule has 2 heterocycles. The molecule has 3 rings (SSSR count). The largest absolute Gasteiger partial charge is 0.350 e. The summed E-state index contributed by atoms with van der Waals surface area (Å²) in [6.07, 6.45) is 0.107. The fourth-order valence-electron chi connectivity index (χ4n) is 3.62. The van der Waals surface area contributed by atoms with Gasteiger partial charge in [0, 0.05) is 44.7 Å². The second-order valence-corrected chi connectivity index (χ2v) is 8.51. The van der Waals surface area contributed by atoms with E-state index in [-0.39, 0.29) is 42.1 Å². The van der Waals surface area contributed by atoms with Crippen LogP contribution in [0.3, 0.4) is 0 Å². The van der Waals surface area contributed by atoms with Crippen molar-refractivity contribution < 1.29 is 19.2 Å². The van der Waals surface area contributed by atoms with E-state index in [0.29, 0.717) is 43.9 Å². The van der Waals surface area contributed by atoms with Crippen molar-refractivity contribution in [3.63, 3.8) is 0 Å². The van der Waals surface area contributed by atoms with Gasteiger partial charge in [-0.05, 0) is 32.9 Å². The third kappa shape index (κ3) is 5.00. The van der Waals surface area contributed by atoms with Gasteiger partial charge in [-0.25, -0.2) is 0 Å². The molecule has 1 aromatic carbocycles. The van der Waals surface area contributed by atoms with Crippen LogP contribution in [0.15, 0.2) is 24.3 Å². The summed E-state index contributed by atoms with van der Waals surface area (Å²) in [5, 5.41) is 2.94. The summed E-state index contributed by atoms with van der Waals surface area (Å²) < 4.78 is 0. The van der Waals surface area contributed by atoms with E-state index < -0.39 is 0 Å². The smallest absolute Gasteiger partial charge is 0.261 e. The Morgan fingerprint density at radius 3 is 2.03 bits per heavy atom. The average molecular weight is 400 g/mol. The molecule has 0 radical (unpaired) electrons. The summed E-state index contributed by atoms with van der Waals surface area (Å²) in [5.41, 5.74) is 0.526. The van der Waals surface area contributed by atoms with Crippen LogP contribution >= 0.6 is 0 Å². The maximum Gasteiger partial charge on any atom is 0.261 e. The molecule has 8 nitrogen and oxygen atoms in total. The van der Waals surface area contributed by atoms with Crippen LogP contribution in [0, 0.1) is 0 Å². The van der Waals surface area contributed by atoms with Gasteiger partial charge in [-0.1, -0.05) is 12.1 Å². The summed E-state index contributed by atoms with van der Waals surface area (Å²) in [5.74, 6) is -0.788. The lowest BCUT2D eigenvalue weighted by molar-refractivity contribution is -0.133. The van der Waals surface area contributed by atoms with Crippen LogP contribution in [-0.4, -0.2) is 83.1 Å². The van der Waals surface area contributed by atoms with Gasteiger partial charge < -0.3 is 10.2 Å². The highest BCUT2D eigenvalue weighted by Crippen LogP contribution is 2.22. The number of fused-ring (bicyclic) bond motifs is 1. The number of nitrogens with one attached hydrogen (secondary N) is 1. The predicted molar refractivity (Wildman–Crippen MR) is 107 cm³/mol. The Bertz CT molecular complexity index is 787. The maximum atomic E-state index is 12.5. The molecule has 8 heteroatoms. The highest BCUT2D eigenvalue weighted by molar-refractivity contribution is 6.21. The van der Waals surface area contributed by atoms with Crippen LogP contribution in [-0.2, 0) is 9.59 Å². The SMILES string of the molecule is CC(C)(C)NC(=O)CN1CCN(C(=O)CCN2C(=O)c3ccccc3C2=O)CC1. The molecule has 1 fully saturated rings. The number of nitrogens with zero attached hydrogens (tertiary/aromatic N) is 3. The Hall–Kier alpha value is -2.74. The molecule has 29 heavy (non-hydrogen) atoms. The van der Waals surface area contributed by atoms with Gasteiger partial charge in [-0.3, -0.25) is 29.0 Å². The first kappa shape index (κ1) is 21.0. The lowest BCUT2D eigenvalue weighted by Crippen LogP contribution is -2.53. The van der Waals surface area contributed by atoms with Gasteiger partial charge in [-0.15, -0.1) is 0 Å². The van der Waals surface area contributed by atoms with E-state index in [9.17, 15) is 19.2 Å². The Balaban J connectivity index is 1.45. The summed E-state index contributed by atoms with van der Waals surface area (Å²) in [4.78, 5) is 54.2. The molecule has 1 saturated heterocycles. The monoisotopic (exact) mass is 400 g/mol. The van der Waals surface area contributed by atoms with Crippen molar-refractivity contribution in [1.82, 2.24) is 20.0 Å². The summed E-state index contributed by atoms with van der Waals surface area (Å²) in [6.45, 7) is 8.52. The molecule has 4 amide bonds. The van der Waals surface area contributed by atoms with Crippen molar-refractivity contribution >= 4 is 23.6 Å². The zero-order chi connectivity index (χ0) is 21.2. The summed E-state index contributed by atoms with van der Waals surface area (Å²) >= 11 is 0. The van der Waals surface area contributed by atoms with Gasteiger partial charge in [-0.2, -0.15) is 0 Å². The first-order chi connectivity index (χ1) is 13.7. The molecule has 0 bridgehead atoms. The predicted octanol–water partition coefficient (Wildman–Crippen LogP) is 0.732. The Labute approximate surface area is 170 Å². The number of carbonyl (C=O) groups excluding carboxylic acids is 4. The second-order valence-electron chi connectivity index (χ2n) is 8.51. The Morgan fingerprint density at radius 1 is 0.966 bits per heavy atom. The molecule has 0 saturated carbocycles. The minimum atomic E-state index is -0.340. The zero-order valence-corrected chi connectivity index (χ0v) is 17.2.